The summed E-state index contributed by atoms with van der Waals surface area (Å²) in [7, 11) is 0. The third-order valence-corrected chi connectivity index (χ3v) is 3.05. The van der Waals surface area contributed by atoms with Gasteiger partial charge in [0.2, 0.25) is 0 Å². The number of hydrogen-bond donors (Lipinski definition) is 2. The van der Waals surface area contributed by atoms with E-state index in [1.54, 1.807) is 0 Å². The molecule has 1 aliphatic rings. The lowest BCUT2D eigenvalue weighted by atomic mass is 9.88. The smallest absolute Gasteiger partial charge is 0.104 e. The van der Waals surface area contributed by atoms with Crippen molar-refractivity contribution in [1.29, 1.82) is 0 Å². The van der Waals surface area contributed by atoms with E-state index in [-0.39, 0.29) is 24.7 Å². The minimum absolute atomic E-state index is 0.0498. The lowest BCUT2D eigenvalue weighted by Gasteiger charge is -2.30. The topological polar surface area (TPSA) is 71.5 Å². The lowest BCUT2D eigenvalue weighted by molar-refractivity contribution is -0.0566. The zero-order valence-electron chi connectivity index (χ0n) is 10.6. The molecule has 0 aromatic rings. The molecule has 2 atom stereocenters. The van der Waals surface area contributed by atoms with E-state index in [4.69, 9.17) is 19.3 Å². The van der Waals surface area contributed by atoms with Crippen LogP contribution in [0.4, 0.5) is 0 Å². The predicted molar refractivity (Wildman–Crippen MR) is 62.9 cm³/mol. The first-order chi connectivity index (χ1) is 8.26. The van der Waals surface area contributed by atoms with E-state index in [1.807, 2.05) is 6.92 Å². The molecule has 0 saturated carbocycles. The second-order valence-corrected chi connectivity index (χ2v) is 4.61. The lowest BCUT2D eigenvalue weighted by Crippen LogP contribution is -2.36. The number of aliphatic hydroxyl groups is 2. The van der Waals surface area contributed by atoms with Crippen molar-refractivity contribution >= 4 is 0 Å². The quantitative estimate of drug-likeness (QED) is 0.403. The average molecular weight is 248 g/mol. The number of aliphatic hydroxyl groups excluding tert-OH is 2. The Morgan fingerprint density at radius 3 is 2.53 bits per heavy atom. The fourth-order valence-electron chi connectivity index (χ4n) is 1.48. The summed E-state index contributed by atoms with van der Waals surface area (Å²) in [6, 6.07) is 0. The van der Waals surface area contributed by atoms with Gasteiger partial charge in [-0.05, 0) is 12.8 Å². The largest absolute Gasteiger partial charge is 0.396 e. The summed E-state index contributed by atoms with van der Waals surface area (Å²) in [6.45, 7) is 5.04. The molecule has 0 amide bonds. The van der Waals surface area contributed by atoms with Crippen LogP contribution in [0.1, 0.15) is 19.8 Å². The van der Waals surface area contributed by atoms with Gasteiger partial charge in [-0.1, -0.05) is 6.92 Å². The highest BCUT2D eigenvalue weighted by Gasteiger charge is 2.30. The van der Waals surface area contributed by atoms with Crippen molar-refractivity contribution in [2.75, 3.05) is 46.2 Å². The Bertz CT molecular complexity index is 189. The Balaban J connectivity index is 2.20. The van der Waals surface area contributed by atoms with Crippen molar-refractivity contribution in [3.8, 4) is 0 Å². The van der Waals surface area contributed by atoms with Gasteiger partial charge in [-0.2, -0.15) is 0 Å². The number of hydrogen-bond acceptors (Lipinski definition) is 5. The summed E-state index contributed by atoms with van der Waals surface area (Å²) in [5, 5.41) is 18.1. The summed E-state index contributed by atoms with van der Waals surface area (Å²) in [4.78, 5) is 0. The van der Waals surface area contributed by atoms with Crippen molar-refractivity contribution in [3.63, 3.8) is 0 Å². The number of rotatable bonds is 11. The molecule has 1 saturated heterocycles. The molecular weight excluding hydrogens is 224 g/mol. The molecule has 0 spiro atoms. The fraction of sp³-hybridized carbons (Fsp3) is 1.00. The molecular formula is C12H24O5. The van der Waals surface area contributed by atoms with Crippen molar-refractivity contribution in [2.24, 2.45) is 5.41 Å². The van der Waals surface area contributed by atoms with Crippen LogP contribution >= 0.6 is 0 Å². The van der Waals surface area contributed by atoms with Gasteiger partial charge in [0.05, 0.1) is 33.0 Å². The van der Waals surface area contributed by atoms with Crippen LogP contribution in [0, 0.1) is 5.41 Å². The molecule has 0 radical (unpaired) electrons. The standard InChI is InChI=1S/C12H24O5/c1-2-12(8-14,9-15-5-3-4-13)10-16-6-11-7-17-11/h11,13-14H,2-10H2,1H3. The molecule has 1 rings (SSSR count). The normalized spacial score (nSPS) is 22.4. The van der Waals surface area contributed by atoms with Crippen molar-refractivity contribution in [2.45, 2.75) is 25.9 Å². The van der Waals surface area contributed by atoms with Gasteiger partial charge in [0, 0.05) is 18.6 Å². The molecule has 0 aromatic heterocycles. The fourth-order valence-corrected chi connectivity index (χ4v) is 1.48. The molecule has 1 fully saturated rings. The highest BCUT2D eigenvalue weighted by atomic mass is 16.6. The summed E-state index contributed by atoms with van der Waals surface area (Å²) in [6.07, 6.45) is 1.68. The Morgan fingerprint density at radius 1 is 1.29 bits per heavy atom. The van der Waals surface area contributed by atoms with Crippen LogP contribution in [0.15, 0.2) is 0 Å². The molecule has 2 N–H and O–H groups in total. The zero-order chi connectivity index (χ0) is 12.6. The van der Waals surface area contributed by atoms with E-state index >= 15 is 0 Å². The summed E-state index contributed by atoms with van der Waals surface area (Å²) in [5.41, 5.74) is -0.329. The summed E-state index contributed by atoms with van der Waals surface area (Å²) < 4.78 is 16.1. The first-order valence-corrected chi connectivity index (χ1v) is 6.25. The van der Waals surface area contributed by atoms with Gasteiger partial charge in [0.25, 0.3) is 0 Å². The Morgan fingerprint density at radius 2 is 2.00 bits per heavy atom. The van der Waals surface area contributed by atoms with E-state index < -0.39 is 0 Å². The molecule has 102 valence electrons. The predicted octanol–water partition coefficient (Wildman–Crippen LogP) is 0.189. The van der Waals surface area contributed by atoms with Crippen LogP contribution in [0.5, 0.6) is 0 Å². The van der Waals surface area contributed by atoms with Crippen LogP contribution in [0.25, 0.3) is 0 Å². The Hall–Kier alpha value is -0.200. The van der Waals surface area contributed by atoms with Crippen molar-refractivity contribution in [3.05, 3.63) is 0 Å². The van der Waals surface area contributed by atoms with Gasteiger partial charge in [0.1, 0.15) is 6.10 Å². The van der Waals surface area contributed by atoms with Gasteiger partial charge < -0.3 is 24.4 Å². The maximum Gasteiger partial charge on any atom is 0.104 e. The molecule has 0 aliphatic carbocycles. The molecule has 0 bridgehead atoms. The molecule has 1 aliphatic heterocycles. The van der Waals surface area contributed by atoms with Gasteiger partial charge in [-0.15, -0.1) is 0 Å². The van der Waals surface area contributed by atoms with Gasteiger partial charge in [-0.3, -0.25) is 0 Å². The summed E-state index contributed by atoms with van der Waals surface area (Å²) >= 11 is 0. The molecule has 1 heterocycles. The Labute approximate surface area is 103 Å². The minimum Gasteiger partial charge on any atom is -0.396 e. The maximum atomic E-state index is 9.47. The van der Waals surface area contributed by atoms with Gasteiger partial charge in [0.15, 0.2) is 0 Å². The highest BCUT2D eigenvalue weighted by molar-refractivity contribution is 4.77. The van der Waals surface area contributed by atoms with E-state index in [0.29, 0.717) is 32.8 Å². The average Bonchev–Trinajstić information content (AvgIpc) is 3.17. The molecule has 2 unspecified atom stereocenters. The van der Waals surface area contributed by atoms with Crippen LogP contribution < -0.4 is 0 Å². The number of ether oxygens (including phenoxy) is 3. The van der Waals surface area contributed by atoms with E-state index in [2.05, 4.69) is 0 Å². The summed E-state index contributed by atoms with van der Waals surface area (Å²) in [5.74, 6) is 0. The van der Waals surface area contributed by atoms with Crippen LogP contribution in [-0.4, -0.2) is 62.6 Å². The zero-order valence-corrected chi connectivity index (χ0v) is 10.6. The monoisotopic (exact) mass is 248 g/mol. The van der Waals surface area contributed by atoms with Crippen LogP contribution in [0.2, 0.25) is 0 Å². The second-order valence-electron chi connectivity index (χ2n) is 4.61. The SMILES string of the molecule is CCC(CO)(COCCCO)COCC1CO1. The third kappa shape index (κ3) is 5.79. The highest BCUT2D eigenvalue weighted by Crippen LogP contribution is 2.23. The third-order valence-electron chi connectivity index (χ3n) is 3.05. The minimum atomic E-state index is -0.329. The first-order valence-electron chi connectivity index (χ1n) is 6.25. The van der Waals surface area contributed by atoms with E-state index in [1.165, 1.54) is 0 Å². The Kier molecular flexibility index (Phi) is 6.99. The molecule has 5 heteroatoms. The second kappa shape index (κ2) is 8.00. The molecule has 5 nitrogen and oxygen atoms in total. The maximum absolute atomic E-state index is 9.47. The van der Waals surface area contributed by atoms with Crippen LogP contribution in [-0.2, 0) is 14.2 Å². The van der Waals surface area contributed by atoms with E-state index in [0.717, 1.165) is 13.0 Å². The van der Waals surface area contributed by atoms with Gasteiger partial charge in [-0.25, -0.2) is 0 Å². The molecule has 0 aromatic carbocycles. The van der Waals surface area contributed by atoms with Crippen molar-refractivity contribution in [1.82, 2.24) is 0 Å². The van der Waals surface area contributed by atoms with Gasteiger partial charge >= 0.3 is 0 Å². The number of epoxide rings is 1. The van der Waals surface area contributed by atoms with Crippen LogP contribution in [0.3, 0.4) is 0 Å². The van der Waals surface area contributed by atoms with E-state index in [9.17, 15) is 5.11 Å². The van der Waals surface area contributed by atoms with Crippen molar-refractivity contribution < 1.29 is 24.4 Å². The first kappa shape index (κ1) is 14.9. The molecule has 17 heavy (non-hydrogen) atoms.